The van der Waals surface area contributed by atoms with Gasteiger partial charge in [-0.1, -0.05) is 18.2 Å². The van der Waals surface area contributed by atoms with Crippen molar-refractivity contribution in [1.82, 2.24) is 4.90 Å². The van der Waals surface area contributed by atoms with E-state index in [0.29, 0.717) is 18.9 Å². The lowest BCUT2D eigenvalue weighted by Crippen LogP contribution is -2.37. The molecule has 0 aliphatic carbocycles. The van der Waals surface area contributed by atoms with Gasteiger partial charge in [0.25, 0.3) is 0 Å². The monoisotopic (exact) mass is 317 g/mol. The molecule has 0 fully saturated rings. The van der Waals surface area contributed by atoms with Gasteiger partial charge in [0.05, 0.1) is 13.7 Å². The van der Waals surface area contributed by atoms with E-state index < -0.39 is 5.97 Å². The number of benzene rings is 1. The van der Waals surface area contributed by atoms with Gasteiger partial charge in [0.2, 0.25) is 5.91 Å². The van der Waals surface area contributed by atoms with Gasteiger partial charge in [0, 0.05) is 25.1 Å². The summed E-state index contributed by atoms with van der Waals surface area (Å²) in [5.74, 6) is -0.219. The van der Waals surface area contributed by atoms with Crippen LogP contribution in [0.1, 0.15) is 5.76 Å². The Morgan fingerprint density at radius 2 is 2.04 bits per heavy atom. The van der Waals surface area contributed by atoms with Crippen molar-refractivity contribution in [3.8, 4) is 0 Å². The van der Waals surface area contributed by atoms with Crippen LogP contribution in [0.2, 0.25) is 0 Å². The second kappa shape index (κ2) is 8.14. The third-order valence-corrected chi connectivity index (χ3v) is 3.26. The quantitative estimate of drug-likeness (QED) is 0.578. The molecule has 0 aliphatic heterocycles. The summed E-state index contributed by atoms with van der Waals surface area (Å²) < 4.78 is 15.2. The highest BCUT2D eigenvalue weighted by Gasteiger charge is 2.15. The van der Waals surface area contributed by atoms with E-state index in [-0.39, 0.29) is 12.5 Å². The molecule has 1 amide bonds. The average Bonchev–Trinajstić information content (AvgIpc) is 2.99. The van der Waals surface area contributed by atoms with Gasteiger partial charge >= 0.3 is 5.97 Å². The molecule has 23 heavy (non-hydrogen) atoms. The maximum Gasteiger partial charge on any atom is 0.325 e. The summed E-state index contributed by atoms with van der Waals surface area (Å²) in [6.45, 7) is 0.513. The van der Waals surface area contributed by atoms with Gasteiger partial charge in [-0.2, -0.15) is 0 Å². The predicted octanol–water partition coefficient (Wildman–Crippen LogP) is 2.09. The van der Waals surface area contributed by atoms with Crippen molar-refractivity contribution in [3.05, 3.63) is 42.2 Å². The highest BCUT2D eigenvalue weighted by atomic mass is 16.5. The van der Waals surface area contributed by atoms with E-state index in [9.17, 15) is 9.59 Å². The third kappa shape index (κ3) is 4.69. The van der Waals surface area contributed by atoms with Crippen LogP contribution in [0.25, 0.3) is 17.0 Å². The van der Waals surface area contributed by atoms with Crippen molar-refractivity contribution in [2.24, 2.45) is 0 Å². The van der Waals surface area contributed by atoms with E-state index in [1.54, 1.807) is 6.08 Å². The number of hydrogen-bond donors (Lipinski definition) is 0. The smallest absolute Gasteiger partial charge is 0.325 e. The fourth-order valence-electron chi connectivity index (χ4n) is 2.03. The largest absolute Gasteiger partial charge is 0.468 e. The molecule has 0 atom stereocenters. The van der Waals surface area contributed by atoms with Gasteiger partial charge in [-0.3, -0.25) is 9.59 Å². The van der Waals surface area contributed by atoms with Gasteiger partial charge in [-0.15, -0.1) is 0 Å². The number of hydrogen-bond acceptors (Lipinski definition) is 5. The van der Waals surface area contributed by atoms with Crippen molar-refractivity contribution in [2.45, 2.75) is 0 Å². The molecule has 0 saturated carbocycles. The first-order valence-electron chi connectivity index (χ1n) is 7.15. The summed E-state index contributed by atoms with van der Waals surface area (Å²) in [4.78, 5) is 25.0. The molecule has 1 aromatic heterocycles. The number of ether oxygens (including phenoxy) is 2. The lowest BCUT2D eigenvalue weighted by atomic mass is 10.2. The number of rotatable bonds is 7. The standard InChI is InChI=1S/C17H19NO5/c1-21-10-9-18(12-17(20)22-2)16(19)8-7-14-11-13-5-3-4-6-15(13)23-14/h3-8,11H,9-10,12H2,1-2H3/b8-7+. The van der Waals surface area contributed by atoms with E-state index in [1.807, 2.05) is 30.3 Å². The normalized spacial score (nSPS) is 11.0. The van der Waals surface area contributed by atoms with Crippen LogP contribution in [-0.4, -0.2) is 50.7 Å². The van der Waals surface area contributed by atoms with E-state index >= 15 is 0 Å². The van der Waals surface area contributed by atoms with Gasteiger partial charge in [0.15, 0.2) is 0 Å². The Morgan fingerprint density at radius 3 is 2.74 bits per heavy atom. The van der Waals surface area contributed by atoms with E-state index in [1.165, 1.54) is 25.2 Å². The van der Waals surface area contributed by atoms with Crippen LogP contribution in [0.3, 0.4) is 0 Å². The highest BCUT2D eigenvalue weighted by molar-refractivity contribution is 5.94. The zero-order valence-corrected chi connectivity index (χ0v) is 13.2. The molecule has 0 saturated heterocycles. The topological polar surface area (TPSA) is 69.0 Å². The van der Waals surface area contributed by atoms with Crippen molar-refractivity contribution in [2.75, 3.05) is 33.9 Å². The number of carbonyl (C=O) groups is 2. The molecule has 0 unspecified atom stereocenters. The molecule has 1 aromatic carbocycles. The van der Waals surface area contributed by atoms with E-state index in [0.717, 1.165) is 11.0 Å². The summed E-state index contributed by atoms with van der Waals surface area (Å²) in [7, 11) is 2.82. The second-order valence-electron chi connectivity index (χ2n) is 4.85. The minimum absolute atomic E-state index is 0.122. The maximum atomic E-state index is 12.2. The maximum absolute atomic E-state index is 12.2. The Balaban J connectivity index is 2.07. The fraction of sp³-hybridized carbons (Fsp3) is 0.294. The van der Waals surface area contributed by atoms with Crippen molar-refractivity contribution >= 4 is 28.9 Å². The molecule has 0 aliphatic rings. The summed E-state index contributed by atoms with van der Waals surface area (Å²) in [6, 6.07) is 9.43. The van der Waals surface area contributed by atoms with Crippen LogP contribution >= 0.6 is 0 Å². The molecule has 6 heteroatoms. The highest BCUT2D eigenvalue weighted by Crippen LogP contribution is 2.19. The fourth-order valence-corrected chi connectivity index (χ4v) is 2.03. The molecule has 122 valence electrons. The van der Waals surface area contributed by atoms with Gasteiger partial charge in [-0.25, -0.2) is 0 Å². The number of furan rings is 1. The number of nitrogens with zero attached hydrogens (tertiary/aromatic N) is 1. The summed E-state index contributed by atoms with van der Waals surface area (Å²) in [5, 5.41) is 0.963. The SMILES string of the molecule is COCCN(CC(=O)OC)C(=O)/C=C/c1cc2ccccc2o1. The van der Waals surface area contributed by atoms with Crippen molar-refractivity contribution in [1.29, 1.82) is 0 Å². The van der Waals surface area contributed by atoms with Crippen LogP contribution in [0.15, 0.2) is 40.8 Å². The van der Waals surface area contributed by atoms with Gasteiger partial charge < -0.3 is 18.8 Å². The first kappa shape index (κ1) is 16.8. The van der Waals surface area contributed by atoms with Crippen LogP contribution in [0, 0.1) is 0 Å². The zero-order valence-electron chi connectivity index (χ0n) is 13.2. The molecule has 1 heterocycles. The molecule has 2 aromatic rings. The van der Waals surface area contributed by atoms with E-state index in [2.05, 4.69) is 4.74 Å². The molecule has 0 N–H and O–H groups in total. The molecule has 0 bridgehead atoms. The molecular formula is C17H19NO5. The van der Waals surface area contributed by atoms with E-state index in [4.69, 9.17) is 9.15 Å². The van der Waals surface area contributed by atoms with Crippen LogP contribution in [-0.2, 0) is 19.1 Å². The molecule has 0 radical (unpaired) electrons. The van der Waals surface area contributed by atoms with Crippen molar-refractivity contribution < 1.29 is 23.5 Å². The van der Waals surface area contributed by atoms with Crippen LogP contribution in [0.5, 0.6) is 0 Å². The minimum Gasteiger partial charge on any atom is -0.468 e. The number of para-hydroxylation sites is 1. The zero-order chi connectivity index (χ0) is 16.7. The van der Waals surface area contributed by atoms with Gasteiger partial charge in [0.1, 0.15) is 17.9 Å². The number of methoxy groups -OCH3 is 2. The number of amides is 1. The Morgan fingerprint density at radius 1 is 1.26 bits per heavy atom. The van der Waals surface area contributed by atoms with Crippen molar-refractivity contribution in [3.63, 3.8) is 0 Å². The Kier molecular flexibility index (Phi) is 5.94. The predicted molar refractivity (Wildman–Crippen MR) is 85.7 cm³/mol. The summed E-state index contributed by atoms with van der Waals surface area (Å²) in [5.41, 5.74) is 0.755. The van der Waals surface area contributed by atoms with Crippen LogP contribution < -0.4 is 0 Å². The Bertz CT molecular complexity index is 671. The molecule has 2 rings (SSSR count). The van der Waals surface area contributed by atoms with Gasteiger partial charge in [-0.05, 0) is 18.2 Å². The number of fused-ring (bicyclic) bond motifs is 1. The van der Waals surface area contributed by atoms with Crippen LogP contribution in [0.4, 0.5) is 0 Å². The minimum atomic E-state index is -0.480. The number of carbonyl (C=O) groups excluding carboxylic acids is 2. The number of esters is 1. The average molecular weight is 317 g/mol. The lowest BCUT2D eigenvalue weighted by molar-refractivity contribution is -0.145. The first-order valence-corrected chi connectivity index (χ1v) is 7.15. The Hall–Kier alpha value is -2.60. The second-order valence-corrected chi connectivity index (χ2v) is 4.85. The molecule has 6 nitrogen and oxygen atoms in total. The molecular weight excluding hydrogens is 298 g/mol. The Labute approximate surface area is 134 Å². The lowest BCUT2D eigenvalue weighted by Gasteiger charge is -2.19. The molecule has 0 spiro atoms. The summed E-state index contributed by atoms with van der Waals surface area (Å²) >= 11 is 0. The summed E-state index contributed by atoms with van der Waals surface area (Å²) in [6.07, 6.45) is 2.95. The first-order chi connectivity index (χ1) is 11.1. The third-order valence-electron chi connectivity index (χ3n) is 3.26.